The number of benzene rings is 6. The first-order valence-corrected chi connectivity index (χ1v) is 10.5. The van der Waals surface area contributed by atoms with Crippen LogP contribution in [0.25, 0.3) is 54.6 Å². The summed E-state index contributed by atoms with van der Waals surface area (Å²) in [7, 11) is 0. The van der Waals surface area contributed by atoms with Gasteiger partial charge in [0.25, 0.3) is 0 Å². The van der Waals surface area contributed by atoms with Crippen molar-refractivity contribution in [3.8, 4) is 22.3 Å². The van der Waals surface area contributed by atoms with Crippen LogP contribution in [-0.4, -0.2) is 0 Å². The summed E-state index contributed by atoms with van der Waals surface area (Å²) in [6.45, 7) is 0. The molecule has 6 aromatic rings. The van der Waals surface area contributed by atoms with E-state index in [-0.39, 0.29) is 5.82 Å². The zero-order chi connectivity index (χ0) is 20.8. The zero-order valence-electron chi connectivity index (χ0n) is 16.8. The fourth-order valence-corrected chi connectivity index (χ4v) is 4.58. The highest BCUT2D eigenvalue weighted by Gasteiger charge is 2.13. The van der Waals surface area contributed by atoms with Gasteiger partial charge in [-0.05, 0) is 67.2 Å². The molecular formula is C30H19F. The Labute approximate surface area is 180 Å². The van der Waals surface area contributed by atoms with Crippen LogP contribution in [0.15, 0.2) is 115 Å². The molecule has 31 heavy (non-hydrogen) atoms. The van der Waals surface area contributed by atoms with Crippen LogP contribution in [0.3, 0.4) is 0 Å². The molecule has 0 saturated heterocycles. The highest BCUT2D eigenvalue weighted by Crippen LogP contribution is 2.38. The van der Waals surface area contributed by atoms with Crippen LogP contribution in [0.4, 0.5) is 4.39 Å². The molecule has 0 aromatic heterocycles. The van der Waals surface area contributed by atoms with Crippen LogP contribution >= 0.6 is 0 Å². The minimum absolute atomic E-state index is 0.196. The number of hydrogen-bond donors (Lipinski definition) is 0. The average Bonchev–Trinajstić information content (AvgIpc) is 2.83. The number of rotatable bonds is 2. The highest BCUT2D eigenvalue weighted by molar-refractivity contribution is 6.06. The van der Waals surface area contributed by atoms with Gasteiger partial charge in [-0.25, -0.2) is 4.39 Å². The highest BCUT2D eigenvalue weighted by atomic mass is 19.1. The molecule has 0 spiro atoms. The molecule has 0 atom stereocenters. The summed E-state index contributed by atoms with van der Waals surface area (Å²) in [6, 6.07) is 38.9. The van der Waals surface area contributed by atoms with Crippen LogP contribution < -0.4 is 0 Å². The molecule has 0 aliphatic carbocycles. The molecule has 0 amide bonds. The Balaban J connectivity index is 1.60. The van der Waals surface area contributed by atoms with Gasteiger partial charge >= 0.3 is 0 Å². The zero-order valence-corrected chi connectivity index (χ0v) is 16.8. The van der Waals surface area contributed by atoms with E-state index in [1.54, 1.807) is 6.07 Å². The normalized spacial score (nSPS) is 11.4. The third-order valence-electron chi connectivity index (χ3n) is 6.11. The Morgan fingerprint density at radius 2 is 1.03 bits per heavy atom. The molecule has 0 fully saturated rings. The molecule has 0 aliphatic rings. The molecule has 0 nitrogen and oxygen atoms in total. The van der Waals surface area contributed by atoms with Gasteiger partial charge in [0, 0.05) is 5.56 Å². The predicted octanol–water partition coefficient (Wildman–Crippen LogP) is 8.62. The Morgan fingerprint density at radius 3 is 1.74 bits per heavy atom. The van der Waals surface area contributed by atoms with Crippen LogP contribution in [0, 0.1) is 5.82 Å². The largest absolute Gasteiger partial charge is 0.206 e. The molecule has 0 heterocycles. The van der Waals surface area contributed by atoms with Gasteiger partial charge in [0.05, 0.1) is 0 Å². The summed E-state index contributed by atoms with van der Waals surface area (Å²) in [5.74, 6) is -0.196. The monoisotopic (exact) mass is 398 g/mol. The fraction of sp³-hybridized carbons (Fsp3) is 0. The summed E-state index contributed by atoms with van der Waals surface area (Å²) in [5, 5.41) is 6.68. The van der Waals surface area contributed by atoms with E-state index in [4.69, 9.17) is 0 Å². The van der Waals surface area contributed by atoms with Gasteiger partial charge in [-0.1, -0.05) is 97.1 Å². The maximum absolute atomic E-state index is 15.1. The van der Waals surface area contributed by atoms with Crippen LogP contribution in [0.2, 0.25) is 0 Å². The fourth-order valence-electron chi connectivity index (χ4n) is 4.58. The first kappa shape index (κ1) is 17.9. The second kappa shape index (κ2) is 7.07. The molecule has 146 valence electrons. The van der Waals surface area contributed by atoms with E-state index < -0.39 is 0 Å². The van der Waals surface area contributed by atoms with Crippen LogP contribution in [-0.2, 0) is 0 Å². The van der Waals surface area contributed by atoms with Crippen molar-refractivity contribution >= 4 is 32.3 Å². The van der Waals surface area contributed by atoms with E-state index >= 15 is 4.39 Å². The van der Waals surface area contributed by atoms with Crippen molar-refractivity contribution in [1.82, 2.24) is 0 Å². The molecule has 0 radical (unpaired) electrons. The lowest BCUT2D eigenvalue weighted by Gasteiger charge is -2.13. The third-order valence-corrected chi connectivity index (χ3v) is 6.11. The minimum atomic E-state index is -0.196. The molecule has 6 aromatic carbocycles. The summed E-state index contributed by atoms with van der Waals surface area (Å²) in [6.07, 6.45) is 0. The van der Waals surface area contributed by atoms with Crippen molar-refractivity contribution in [2.24, 2.45) is 0 Å². The van der Waals surface area contributed by atoms with Crippen molar-refractivity contribution in [3.63, 3.8) is 0 Å². The number of hydrogen-bond acceptors (Lipinski definition) is 0. The lowest BCUT2D eigenvalue weighted by Crippen LogP contribution is -1.90. The molecule has 0 N–H and O–H groups in total. The molecule has 0 bridgehead atoms. The maximum atomic E-state index is 15.1. The maximum Gasteiger partial charge on any atom is 0.131 e. The molecular weight excluding hydrogens is 379 g/mol. The predicted molar refractivity (Wildman–Crippen MR) is 130 cm³/mol. The van der Waals surface area contributed by atoms with Crippen molar-refractivity contribution in [2.45, 2.75) is 0 Å². The van der Waals surface area contributed by atoms with Gasteiger partial charge in [0.1, 0.15) is 5.82 Å². The van der Waals surface area contributed by atoms with Gasteiger partial charge in [-0.3, -0.25) is 0 Å². The van der Waals surface area contributed by atoms with Crippen LogP contribution in [0.1, 0.15) is 0 Å². The Morgan fingerprint density at radius 1 is 0.419 bits per heavy atom. The molecule has 1 heteroatoms. The van der Waals surface area contributed by atoms with Gasteiger partial charge in [-0.15, -0.1) is 0 Å². The topological polar surface area (TPSA) is 0 Å². The van der Waals surface area contributed by atoms with Crippen molar-refractivity contribution in [1.29, 1.82) is 0 Å². The number of fused-ring (bicyclic) bond motifs is 3. The number of halogens is 1. The SMILES string of the molecule is Fc1ccc2c(-c3ccc4ccccc4c3)cccc2c1-c1ccc2ccccc2c1. The Hall–Kier alpha value is -3.97. The minimum Gasteiger partial charge on any atom is -0.206 e. The van der Waals surface area contributed by atoms with E-state index in [0.717, 1.165) is 38.2 Å². The van der Waals surface area contributed by atoms with Gasteiger partial charge in [0.2, 0.25) is 0 Å². The lowest BCUT2D eigenvalue weighted by atomic mass is 9.91. The summed E-state index contributed by atoms with van der Waals surface area (Å²) in [5.41, 5.74) is 3.81. The van der Waals surface area contributed by atoms with E-state index in [2.05, 4.69) is 72.8 Å². The standard InChI is InChI=1S/C30H19F/c31-29-17-16-27-26(24-14-12-20-6-1-3-8-22(20)18-24)10-5-11-28(27)30(29)25-15-13-21-7-2-4-9-23(21)19-25/h1-19H. The molecule has 6 rings (SSSR count). The first-order chi connectivity index (χ1) is 15.3. The quantitative estimate of drug-likeness (QED) is 0.274. The molecule has 0 aliphatic heterocycles. The third kappa shape index (κ3) is 2.98. The second-order valence-corrected chi connectivity index (χ2v) is 7.95. The van der Waals surface area contributed by atoms with Crippen molar-refractivity contribution in [3.05, 3.63) is 121 Å². The van der Waals surface area contributed by atoms with E-state index in [1.165, 1.54) is 10.8 Å². The van der Waals surface area contributed by atoms with Crippen molar-refractivity contribution in [2.75, 3.05) is 0 Å². The molecule has 0 unspecified atom stereocenters. The average molecular weight is 398 g/mol. The summed E-state index contributed by atoms with van der Waals surface area (Å²) in [4.78, 5) is 0. The summed E-state index contributed by atoms with van der Waals surface area (Å²) < 4.78 is 15.1. The van der Waals surface area contributed by atoms with Gasteiger partial charge in [-0.2, -0.15) is 0 Å². The lowest BCUT2D eigenvalue weighted by molar-refractivity contribution is 0.633. The second-order valence-electron chi connectivity index (χ2n) is 7.95. The van der Waals surface area contributed by atoms with Crippen LogP contribution in [0.5, 0.6) is 0 Å². The Kier molecular flexibility index (Phi) is 4.07. The van der Waals surface area contributed by atoms with E-state index in [1.807, 2.05) is 36.4 Å². The van der Waals surface area contributed by atoms with E-state index in [9.17, 15) is 0 Å². The van der Waals surface area contributed by atoms with E-state index in [0.29, 0.717) is 5.56 Å². The first-order valence-electron chi connectivity index (χ1n) is 10.5. The van der Waals surface area contributed by atoms with Gasteiger partial charge < -0.3 is 0 Å². The van der Waals surface area contributed by atoms with Crippen molar-refractivity contribution < 1.29 is 4.39 Å². The summed E-state index contributed by atoms with van der Waals surface area (Å²) >= 11 is 0. The smallest absolute Gasteiger partial charge is 0.131 e. The molecule has 0 saturated carbocycles. The van der Waals surface area contributed by atoms with Gasteiger partial charge in [0.15, 0.2) is 0 Å². The Bertz CT molecular complexity index is 1590.